The second-order valence-electron chi connectivity index (χ2n) is 4.96. The van der Waals surface area contributed by atoms with Gasteiger partial charge in [0.2, 0.25) is 0 Å². The van der Waals surface area contributed by atoms with Crippen molar-refractivity contribution >= 4 is 23.2 Å². The van der Waals surface area contributed by atoms with Crippen LogP contribution in [0.3, 0.4) is 0 Å². The van der Waals surface area contributed by atoms with E-state index in [2.05, 4.69) is 0 Å². The first-order valence-corrected chi connectivity index (χ1v) is 7.51. The minimum Gasteiger partial charge on any atom is -0.491 e. The summed E-state index contributed by atoms with van der Waals surface area (Å²) in [4.78, 5) is 14.6. The first kappa shape index (κ1) is 14.0. The van der Waals surface area contributed by atoms with Crippen molar-refractivity contribution in [1.29, 1.82) is 0 Å². The highest BCUT2D eigenvalue weighted by Gasteiger charge is 2.22. The number of hydrogen-bond donors (Lipinski definition) is 0. The number of carbonyl (C=O) groups is 1. The van der Waals surface area contributed by atoms with Crippen LogP contribution in [0.25, 0.3) is 0 Å². The number of amides is 1. The molecule has 0 saturated heterocycles. The summed E-state index contributed by atoms with van der Waals surface area (Å²) in [7, 11) is 0. The summed E-state index contributed by atoms with van der Waals surface area (Å²) >= 11 is 5.85. The Morgan fingerprint density at radius 3 is 2.90 bits per heavy atom. The van der Waals surface area contributed by atoms with Crippen molar-refractivity contribution in [3.8, 4) is 5.75 Å². The van der Waals surface area contributed by atoms with Gasteiger partial charge in [0, 0.05) is 18.0 Å². The predicted octanol–water partition coefficient (Wildman–Crippen LogP) is 3.85. The topological polar surface area (TPSA) is 29.5 Å². The Bertz CT molecular complexity index is 657. The number of hydrogen-bond acceptors (Lipinski definition) is 2. The van der Waals surface area contributed by atoms with Crippen molar-refractivity contribution in [3.63, 3.8) is 0 Å². The maximum atomic E-state index is 12.8. The molecule has 21 heavy (non-hydrogen) atoms. The summed E-state index contributed by atoms with van der Waals surface area (Å²) in [6.07, 6.45) is 0.815. The number of para-hydroxylation sites is 2. The maximum absolute atomic E-state index is 12.8. The second kappa shape index (κ2) is 6.19. The largest absolute Gasteiger partial charge is 0.491 e. The Labute approximate surface area is 129 Å². The molecule has 0 unspecified atom stereocenters. The van der Waals surface area contributed by atoms with Crippen molar-refractivity contribution in [2.75, 3.05) is 18.1 Å². The molecule has 1 aliphatic heterocycles. The van der Waals surface area contributed by atoms with Crippen LogP contribution in [0, 0.1) is 0 Å². The average Bonchev–Trinajstić information content (AvgIpc) is 2.76. The minimum absolute atomic E-state index is 0.0140. The molecule has 0 fully saturated rings. The molecule has 0 N–H and O–H groups in total. The van der Waals surface area contributed by atoms with E-state index in [4.69, 9.17) is 16.3 Å². The van der Waals surface area contributed by atoms with E-state index in [1.54, 1.807) is 4.90 Å². The Kier molecular flexibility index (Phi) is 4.11. The zero-order chi connectivity index (χ0) is 14.7. The van der Waals surface area contributed by atoms with Gasteiger partial charge in [-0.25, -0.2) is 0 Å². The number of halogens is 1. The fourth-order valence-electron chi connectivity index (χ4n) is 2.48. The zero-order valence-electron chi connectivity index (χ0n) is 11.6. The van der Waals surface area contributed by atoms with Gasteiger partial charge in [0.1, 0.15) is 5.75 Å². The summed E-state index contributed by atoms with van der Waals surface area (Å²) in [5.74, 6) is 1.15. The van der Waals surface area contributed by atoms with Crippen molar-refractivity contribution in [1.82, 2.24) is 0 Å². The summed E-state index contributed by atoms with van der Waals surface area (Å²) in [5, 5.41) is 0. The number of anilines is 1. The number of fused-ring (bicyclic) bond motifs is 1. The van der Waals surface area contributed by atoms with E-state index >= 15 is 0 Å². The number of alkyl halides is 1. The monoisotopic (exact) mass is 301 g/mol. The molecule has 0 bridgehead atoms. The van der Waals surface area contributed by atoms with Crippen molar-refractivity contribution in [2.24, 2.45) is 0 Å². The quantitative estimate of drug-likeness (QED) is 0.788. The smallest absolute Gasteiger partial charge is 0.258 e. The molecule has 1 aliphatic rings. The molecular weight excluding hydrogens is 286 g/mol. The summed E-state index contributed by atoms with van der Waals surface area (Å²) in [5.41, 5.74) is 2.43. The lowest BCUT2D eigenvalue weighted by atomic mass is 10.1. The third-order valence-electron chi connectivity index (χ3n) is 3.51. The minimum atomic E-state index is -0.0140. The van der Waals surface area contributed by atoms with Gasteiger partial charge in [0.15, 0.2) is 0 Å². The molecule has 3 rings (SSSR count). The fraction of sp³-hybridized carbons (Fsp3) is 0.235. The molecule has 3 nitrogen and oxygen atoms in total. The molecule has 1 heterocycles. The molecule has 0 atom stereocenters. The molecule has 2 aromatic carbocycles. The maximum Gasteiger partial charge on any atom is 0.258 e. The van der Waals surface area contributed by atoms with Crippen LogP contribution in [0.15, 0.2) is 48.5 Å². The number of nitrogens with zero attached hydrogens (tertiary/aromatic N) is 1. The first-order chi connectivity index (χ1) is 10.3. The highest BCUT2D eigenvalue weighted by atomic mass is 35.5. The van der Waals surface area contributed by atoms with Crippen LogP contribution in [0.4, 0.5) is 5.69 Å². The first-order valence-electron chi connectivity index (χ1n) is 6.98. The highest BCUT2D eigenvalue weighted by molar-refractivity contribution is 6.17. The van der Waals surface area contributed by atoms with Gasteiger partial charge in [0.05, 0.1) is 12.3 Å². The number of ether oxygens (including phenoxy) is 1. The summed E-state index contributed by atoms with van der Waals surface area (Å²) < 4.78 is 5.69. The average molecular weight is 302 g/mol. The SMILES string of the molecule is O=C(c1cccc(CCl)c1)N1CCCOc2ccccc21. The van der Waals surface area contributed by atoms with Crippen LogP contribution in [0.1, 0.15) is 22.3 Å². The van der Waals surface area contributed by atoms with E-state index < -0.39 is 0 Å². The number of carbonyl (C=O) groups excluding carboxylic acids is 1. The predicted molar refractivity (Wildman–Crippen MR) is 84.2 cm³/mol. The third kappa shape index (κ3) is 2.88. The van der Waals surface area contributed by atoms with Gasteiger partial charge >= 0.3 is 0 Å². The van der Waals surface area contributed by atoms with Crippen LogP contribution < -0.4 is 9.64 Å². The summed E-state index contributed by atoms with van der Waals surface area (Å²) in [6, 6.07) is 15.1. The highest BCUT2D eigenvalue weighted by Crippen LogP contribution is 2.31. The lowest BCUT2D eigenvalue weighted by Crippen LogP contribution is -2.31. The molecule has 0 spiro atoms. The molecule has 2 aromatic rings. The molecule has 108 valence electrons. The molecule has 4 heteroatoms. The van der Waals surface area contributed by atoms with Gasteiger partial charge in [-0.15, -0.1) is 11.6 Å². The van der Waals surface area contributed by atoms with Crippen LogP contribution in [-0.4, -0.2) is 19.1 Å². The molecule has 0 aliphatic carbocycles. The Hall–Kier alpha value is -2.00. The van der Waals surface area contributed by atoms with Gasteiger partial charge < -0.3 is 9.64 Å². The van der Waals surface area contributed by atoms with E-state index in [9.17, 15) is 4.79 Å². The van der Waals surface area contributed by atoms with Crippen LogP contribution in [0.5, 0.6) is 5.75 Å². The summed E-state index contributed by atoms with van der Waals surface area (Å²) in [6.45, 7) is 1.28. The Balaban J connectivity index is 1.97. The van der Waals surface area contributed by atoms with E-state index in [0.29, 0.717) is 24.6 Å². The zero-order valence-corrected chi connectivity index (χ0v) is 12.3. The Morgan fingerprint density at radius 2 is 2.05 bits per heavy atom. The van der Waals surface area contributed by atoms with Crippen molar-refractivity contribution in [3.05, 3.63) is 59.7 Å². The van der Waals surface area contributed by atoms with Crippen LogP contribution in [-0.2, 0) is 5.88 Å². The van der Waals surface area contributed by atoms with E-state index in [0.717, 1.165) is 23.4 Å². The normalized spacial score (nSPS) is 14.0. The van der Waals surface area contributed by atoms with Gasteiger partial charge in [-0.1, -0.05) is 24.3 Å². The number of rotatable bonds is 2. The second-order valence-corrected chi connectivity index (χ2v) is 5.23. The van der Waals surface area contributed by atoms with Gasteiger partial charge in [-0.05, 0) is 36.2 Å². The molecule has 0 radical (unpaired) electrons. The Morgan fingerprint density at radius 1 is 1.19 bits per heavy atom. The molecule has 1 amide bonds. The molecular formula is C17H16ClNO2. The lowest BCUT2D eigenvalue weighted by molar-refractivity contribution is 0.0987. The molecule has 0 aromatic heterocycles. The van der Waals surface area contributed by atoms with E-state index in [1.807, 2.05) is 48.5 Å². The fourth-order valence-corrected chi connectivity index (χ4v) is 2.65. The molecule has 0 saturated carbocycles. The number of benzene rings is 2. The lowest BCUT2D eigenvalue weighted by Gasteiger charge is -2.22. The standard InChI is InChI=1S/C17H16ClNO2/c18-12-13-5-3-6-14(11-13)17(20)19-9-4-10-21-16-8-2-1-7-15(16)19/h1-3,5-8,11H,4,9-10,12H2. The van der Waals surface area contributed by atoms with Crippen LogP contribution in [0.2, 0.25) is 0 Å². The van der Waals surface area contributed by atoms with Gasteiger partial charge in [-0.3, -0.25) is 4.79 Å². The van der Waals surface area contributed by atoms with Gasteiger partial charge in [-0.2, -0.15) is 0 Å². The van der Waals surface area contributed by atoms with E-state index in [1.165, 1.54) is 0 Å². The van der Waals surface area contributed by atoms with Crippen molar-refractivity contribution in [2.45, 2.75) is 12.3 Å². The van der Waals surface area contributed by atoms with Gasteiger partial charge in [0.25, 0.3) is 5.91 Å². The van der Waals surface area contributed by atoms with Crippen molar-refractivity contribution < 1.29 is 9.53 Å². The van der Waals surface area contributed by atoms with Crippen LogP contribution >= 0.6 is 11.6 Å². The third-order valence-corrected chi connectivity index (χ3v) is 3.82. The van der Waals surface area contributed by atoms with E-state index in [-0.39, 0.29) is 5.91 Å².